The number of aryl methyl sites for hydroxylation is 2. The summed E-state index contributed by atoms with van der Waals surface area (Å²) in [4.78, 5) is 25.3. The molecule has 0 radical (unpaired) electrons. The first-order valence-corrected chi connectivity index (χ1v) is 14.6. The number of hydrogen-bond acceptors (Lipinski definition) is 11. The number of phenols is 3. The molecular weight excluding hydrogens is 584 g/mol. The van der Waals surface area contributed by atoms with Crippen molar-refractivity contribution in [2.75, 3.05) is 6.61 Å². The highest BCUT2D eigenvalue weighted by molar-refractivity contribution is 5.87. The van der Waals surface area contributed by atoms with Crippen molar-refractivity contribution in [3.05, 3.63) is 95.6 Å². The van der Waals surface area contributed by atoms with E-state index in [1.165, 1.54) is 18.2 Å². The predicted octanol–water partition coefficient (Wildman–Crippen LogP) is 2.78. The summed E-state index contributed by atoms with van der Waals surface area (Å²) in [5.74, 6) is -0.537. The number of aliphatic hydroxyl groups excluding tert-OH is 3. The summed E-state index contributed by atoms with van der Waals surface area (Å²) >= 11 is 0. The molecule has 1 aliphatic rings. The molecule has 2 unspecified atom stereocenters. The number of ketones is 1. The number of aromatic hydroxyl groups is 3. The highest BCUT2D eigenvalue weighted by Gasteiger charge is 2.45. The molecule has 1 fully saturated rings. The van der Waals surface area contributed by atoms with Crippen molar-refractivity contribution < 1.29 is 54.4 Å². The van der Waals surface area contributed by atoms with E-state index >= 15 is 0 Å². The van der Waals surface area contributed by atoms with Crippen LogP contribution in [0.15, 0.2) is 78.9 Å². The van der Waals surface area contributed by atoms with E-state index in [-0.39, 0.29) is 35.9 Å². The van der Waals surface area contributed by atoms with Gasteiger partial charge in [-0.15, -0.1) is 0 Å². The number of aliphatic hydroxyl groups is 3. The molecule has 0 amide bonds. The van der Waals surface area contributed by atoms with Crippen LogP contribution in [-0.4, -0.2) is 85.8 Å². The minimum absolute atomic E-state index is 0.0247. The minimum Gasteiger partial charge on any atom is -0.508 e. The summed E-state index contributed by atoms with van der Waals surface area (Å²) in [5.41, 5.74) is 2.39. The Balaban J connectivity index is 1.38. The van der Waals surface area contributed by atoms with Crippen LogP contribution >= 0.6 is 0 Å². The van der Waals surface area contributed by atoms with E-state index in [1.807, 2.05) is 0 Å². The first-order chi connectivity index (χ1) is 21.6. The zero-order valence-electron chi connectivity index (χ0n) is 24.5. The molecule has 1 heterocycles. The number of hydrogen-bond donors (Lipinski definition) is 6. The number of Topliss-reactive ketones (excluding diaryl/α,β-unsaturated/α-hetero) is 1. The molecule has 0 aromatic heterocycles. The van der Waals surface area contributed by atoms with Crippen molar-refractivity contribution in [2.45, 2.75) is 68.9 Å². The molecule has 0 saturated carbocycles. The number of ether oxygens (including phenoxy) is 3. The monoisotopic (exact) mass is 622 g/mol. The quantitative estimate of drug-likeness (QED) is 0.115. The number of rotatable bonds is 14. The van der Waals surface area contributed by atoms with Gasteiger partial charge in [0.1, 0.15) is 54.1 Å². The second-order valence-electron chi connectivity index (χ2n) is 10.9. The van der Waals surface area contributed by atoms with Crippen LogP contribution in [0.25, 0.3) is 6.08 Å². The van der Waals surface area contributed by atoms with Gasteiger partial charge < -0.3 is 44.8 Å². The van der Waals surface area contributed by atoms with Crippen molar-refractivity contribution in [3.63, 3.8) is 0 Å². The Labute approximate surface area is 260 Å². The van der Waals surface area contributed by atoms with Gasteiger partial charge in [-0.2, -0.15) is 0 Å². The molecule has 11 nitrogen and oxygen atoms in total. The van der Waals surface area contributed by atoms with Crippen LogP contribution in [0.3, 0.4) is 0 Å². The van der Waals surface area contributed by atoms with Crippen LogP contribution < -0.4 is 0 Å². The third-order valence-corrected chi connectivity index (χ3v) is 7.47. The van der Waals surface area contributed by atoms with E-state index in [0.29, 0.717) is 24.8 Å². The van der Waals surface area contributed by atoms with Gasteiger partial charge in [0.05, 0.1) is 6.10 Å². The van der Waals surface area contributed by atoms with Crippen molar-refractivity contribution >= 4 is 17.8 Å². The molecule has 6 N–H and O–H groups in total. The summed E-state index contributed by atoms with van der Waals surface area (Å²) in [7, 11) is 0. The molecule has 240 valence electrons. The van der Waals surface area contributed by atoms with Crippen LogP contribution in [-0.2, 0) is 36.6 Å². The second kappa shape index (κ2) is 16.2. The van der Waals surface area contributed by atoms with E-state index in [0.717, 1.165) is 17.2 Å². The van der Waals surface area contributed by atoms with Crippen LogP contribution in [0.4, 0.5) is 0 Å². The largest absolute Gasteiger partial charge is 0.508 e. The summed E-state index contributed by atoms with van der Waals surface area (Å²) in [6, 6.07) is 19.3. The highest BCUT2D eigenvalue weighted by atomic mass is 16.7. The van der Waals surface area contributed by atoms with Gasteiger partial charge in [-0.25, -0.2) is 4.79 Å². The molecule has 0 spiro atoms. The Kier molecular flexibility index (Phi) is 12.1. The molecular formula is C34H38O11. The number of carbonyl (C=O) groups excluding carboxylic acids is 2. The van der Waals surface area contributed by atoms with E-state index in [9.17, 15) is 40.2 Å². The van der Waals surface area contributed by atoms with E-state index in [4.69, 9.17) is 14.2 Å². The Hall–Kier alpha value is -4.26. The van der Waals surface area contributed by atoms with Gasteiger partial charge in [0.15, 0.2) is 6.29 Å². The number of esters is 1. The fourth-order valence-corrected chi connectivity index (χ4v) is 4.83. The van der Waals surface area contributed by atoms with E-state index < -0.39 is 49.4 Å². The molecule has 3 aromatic carbocycles. The first kappa shape index (κ1) is 33.6. The Morgan fingerprint density at radius 2 is 1.31 bits per heavy atom. The third kappa shape index (κ3) is 10.4. The van der Waals surface area contributed by atoms with Gasteiger partial charge in [0, 0.05) is 18.9 Å². The summed E-state index contributed by atoms with van der Waals surface area (Å²) in [5, 5.41) is 60.2. The maximum absolute atomic E-state index is 13.0. The highest BCUT2D eigenvalue weighted by Crippen LogP contribution is 2.26. The number of carbonyl (C=O) groups is 2. The first-order valence-electron chi connectivity index (χ1n) is 14.6. The lowest BCUT2D eigenvalue weighted by Crippen LogP contribution is -2.60. The maximum Gasteiger partial charge on any atom is 0.330 e. The predicted molar refractivity (Wildman–Crippen MR) is 162 cm³/mol. The maximum atomic E-state index is 13.0. The summed E-state index contributed by atoms with van der Waals surface area (Å²) < 4.78 is 17.0. The minimum atomic E-state index is -1.68. The summed E-state index contributed by atoms with van der Waals surface area (Å²) in [6.45, 7) is -0.451. The number of phenolic OH excluding ortho intramolecular Hbond substituents is 3. The van der Waals surface area contributed by atoms with Gasteiger partial charge in [0.2, 0.25) is 0 Å². The van der Waals surface area contributed by atoms with Crippen LogP contribution in [0.2, 0.25) is 0 Å². The molecule has 45 heavy (non-hydrogen) atoms. The molecule has 0 aliphatic carbocycles. The molecule has 0 bridgehead atoms. The Morgan fingerprint density at radius 1 is 0.756 bits per heavy atom. The van der Waals surface area contributed by atoms with Gasteiger partial charge >= 0.3 is 5.97 Å². The third-order valence-electron chi connectivity index (χ3n) is 7.47. The average molecular weight is 623 g/mol. The van der Waals surface area contributed by atoms with Crippen molar-refractivity contribution in [1.82, 2.24) is 0 Å². The Morgan fingerprint density at radius 3 is 1.91 bits per heavy atom. The molecule has 4 rings (SSSR count). The molecule has 3 aromatic rings. The number of benzene rings is 3. The van der Waals surface area contributed by atoms with Crippen molar-refractivity contribution in [2.24, 2.45) is 0 Å². The van der Waals surface area contributed by atoms with E-state index in [1.54, 1.807) is 60.7 Å². The van der Waals surface area contributed by atoms with Gasteiger partial charge in [-0.1, -0.05) is 36.4 Å². The smallest absolute Gasteiger partial charge is 0.330 e. The normalized spacial score (nSPS) is 22.2. The second-order valence-corrected chi connectivity index (χ2v) is 10.9. The summed E-state index contributed by atoms with van der Waals surface area (Å²) in [6.07, 6.45) is -4.26. The van der Waals surface area contributed by atoms with E-state index in [2.05, 4.69) is 0 Å². The SMILES string of the molecule is O=C(CCc1ccc(O)cc1)CC(CCc1ccc(O)cc1)OC1O[C@@H](COC(=O)/C=C/c2ccc(O)cc2)[C@H](O)[C@@H](O)[C@@H]1O. The molecule has 1 aliphatic heterocycles. The average Bonchev–Trinajstić information content (AvgIpc) is 3.03. The van der Waals surface area contributed by atoms with Gasteiger partial charge in [-0.05, 0) is 78.4 Å². The zero-order valence-corrected chi connectivity index (χ0v) is 24.5. The van der Waals surface area contributed by atoms with Crippen molar-refractivity contribution in [3.8, 4) is 17.2 Å². The fraction of sp³-hybridized carbons (Fsp3) is 0.353. The lowest BCUT2D eigenvalue weighted by molar-refractivity contribution is -0.311. The van der Waals surface area contributed by atoms with Crippen molar-refractivity contribution in [1.29, 1.82) is 0 Å². The molecule has 1 saturated heterocycles. The Bertz CT molecular complexity index is 1400. The van der Waals surface area contributed by atoms with Crippen LogP contribution in [0.5, 0.6) is 17.2 Å². The van der Waals surface area contributed by atoms with Gasteiger partial charge in [0.25, 0.3) is 0 Å². The van der Waals surface area contributed by atoms with Crippen LogP contribution in [0, 0.1) is 0 Å². The standard InChI is InChI=1S/C34H38O11/c35-24-10-1-21(2-11-24)7-16-27(38)19-28(17-8-22-3-12-25(36)13-4-22)44-34-33(42)32(41)31(40)29(45-34)20-43-30(39)18-9-23-5-14-26(37)15-6-23/h1-6,9-15,18,28-29,31-37,40-42H,7-8,16-17,19-20H2/b18-9+/t28?,29-,31-,32+,33-,34?/m0/s1. The molecule has 6 atom stereocenters. The van der Waals surface area contributed by atoms with Crippen LogP contribution in [0.1, 0.15) is 36.0 Å². The lowest BCUT2D eigenvalue weighted by atomic mass is 9.98. The fourth-order valence-electron chi connectivity index (χ4n) is 4.83. The van der Waals surface area contributed by atoms with Gasteiger partial charge in [-0.3, -0.25) is 4.79 Å². The lowest BCUT2D eigenvalue weighted by Gasteiger charge is -2.41. The zero-order chi connectivity index (χ0) is 32.3. The topological polar surface area (TPSA) is 183 Å². The molecule has 11 heteroatoms.